The van der Waals surface area contributed by atoms with E-state index in [2.05, 4.69) is 10.1 Å². The number of nitrogens with zero attached hydrogens (tertiary/aromatic N) is 4. The molecule has 3 aromatic rings. The van der Waals surface area contributed by atoms with E-state index < -0.39 is 0 Å². The second-order valence-electron chi connectivity index (χ2n) is 3.81. The number of rotatable bonds is 1. The van der Waals surface area contributed by atoms with Crippen LogP contribution in [-0.2, 0) is 7.05 Å². The van der Waals surface area contributed by atoms with Gasteiger partial charge in [0.05, 0.1) is 17.4 Å². The van der Waals surface area contributed by atoms with Gasteiger partial charge < -0.3 is 4.57 Å². The van der Waals surface area contributed by atoms with Gasteiger partial charge in [-0.2, -0.15) is 5.10 Å². The lowest BCUT2D eigenvalue weighted by Crippen LogP contribution is -2.12. The maximum absolute atomic E-state index is 12.1. The van der Waals surface area contributed by atoms with Gasteiger partial charge in [0, 0.05) is 25.0 Å². The largest absolute Gasteiger partial charge is 0.334 e. The van der Waals surface area contributed by atoms with E-state index >= 15 is 0 Å². The van der Waals surface area contributed by atoms with E-state index in [1.807, 2.05) is 23.7 Å². The summed E-state index contributed by atoms with van der Waals surface area (Å²) in [6.07, 6.45) is 4.95. The van der Waals surface area contributed by atoms with Gasteiger partial charge in [-0.25, -0.2) is 9.67 Å². The minimum absolute atomic E-state index is 0.141. The Bertz CT molecular complexity index is 682. The monoisotopic (exact) mass is 226 g/mol. The molecule has 0 atom stereocenters. The average molecular weight is 226 g/mol. The maximum Gasteiger partial charge on any atom is 0.278 e. The fourth-order valence-electron chi connectivity index (χ4n) is 1.78. The lowest BCUT2D eigenvalue weighted by atomic mass is 10.2. The molecule has 0 aliphatic carbocycles. The zero-order valence-electron chi connectivity index (χ0n) is 9.24. The molecular formula is C12H10N4O. The average Bonchev–Trinajstić information content (AvgIpc) is 2.98. The van der Waals surface area contributed by atoms with Crippen molar-refractivity contribution in [3.8, 4) is 0 Å². The van der Waals surface area contributed by atoms with Gasteiger partial charge >= 0.3 is 0 Å². The first-order valence-electron chi connectivity index (χ1n) is 5.21. The van der Waals surface area contributed by atoms with Crippen molar-refractivity contribution in [1.82, 2.24) is 19.3 Å². The molecule has 0 radical (unpaired) electrons. The van der Waals surface area contributed by atoms with E-state index in [9.17, 15) is 4.79 Å². The third-order valence-corrected chi connectivity index (χ3v) is 2.68. The van der Waals surface area contributed by atoms with Crippen molar-refractivity contribution in [2.45, 2.75) is 0 Å². The SMILES string of the molecule is Cn1cnc2ccc(C(=O)n3cccn3)cc21. The zero-order valence-corrected chi connectivity index (χ0v) is 9.24. The summed E-state index contributed by atoms with van der Waals surface area (Å²) >= 11 is 0. The summed E-state index contributed by atoms with van der Waals surface area (Å²) in [6, 6.07) is 7.15. The van der Waals surface area contributed by atoms with E-state index in [-0.39, 0.29) is 5.91 Å². The van der Waals surface area contributed by atoms with Crippen LogP contribution in [0.2, 0.25) is 0 Å². The molecule has 0 N–H and O–H groups in total. The highest BCUT2D eigenvalue weighted by molar-refractivity contribution is 5.98. The lowest BCUT2D eigenvalue weighted by Gasteiger charge is -2.01. The molecule has 0 unspecified atom stereocenters. The molecule has 2 aromatic heterocycles. The van der Waals surface area contributed by atoms with Crippen LogP contribution in [0, 0.1) is 0 Å². The molecule has 0 fully saturated rings. The molecule has 2 heterocycles. The highest BCUT2D eigenvalue weighted by Crippen LogP contribution is 2.14. The van der Waals surface area contributed by atoms with Gasteiger partial charge in [-0.3, -0.25) is 4.79 Å². The molecule has 0 spiro atoms. The first-order chi connectivity index (χ1) is 8.25. The quantitative estimate of drug-likeness (QED) is 0.631. The van der Waals surface area contributed by atoms with Gasteiger partial charge in [0.2, 0.25) is 0 Å². The zero-order chi connectivity index (χ0) is 11.8. The predicted molar refractivity (Wildman–Crippen MR) is 62.7 cm³/mol. The number of imidazole rings is 1. The Hall–Kier alpha value is -2.43. The van der Waals surface area contributed by atoms with Crippen molar-refractivity contribution in [3.05, 3.63) is 48.5 Å². The molecule has 0 aliphatic rings. The molecular weight excluding hydrogens is 216 g/mol. The van der Waals surface area contributed by atoms with Crippen LogP contribution in [0.4, 0.5) is 0 Å². The number of hydrogen-bond acceptors (Lipinski definition) is 3. The number of carbonyl (C=O) groups excluding carboxylic acids is 1. The van der Waals surface area contributed by atoms with Crippen molar-refractivity contribution in [1.29, 1.82) is 0 Å². The lowest BCUT2D eigenvalue weighted by molar-refractivity contribution is 0.0945. The summed E-state index contributed by atoms with van der Waals surface area (Å²) < 4.78 is 3.20. The van der Waals surface area contributed by atoms with Crippen LogP contribution in [-0.4, -0.2) is 25.2 Å². The van der Waals surface area contributed by atoms with Gasteiger partial charge in [0.1, 0.15) is 0 Å². The molecule has 0 bridgehead atoms. The Kier molecular flexibility index (Phi) is 2.04. The molecule has 5 nitrogen and oxygen atoms in total. The van der Waals surface area contributed by atoms with Crippen LogP contribution in [0.1, 0.15) is 10.4 Å². The van der Waals surface area contributed by atoms with Crippen LogP contribution in [0.15, 0.2) is 43.0 Å². The number of aromatic nitrogens is 4. The Balaban J connectivity index is 2.12. The summed E-state index contributed by atoms with van der Waals surface area (Å²) in [6.45, 7) is 0. The van der Waals surface area contributed by atoms with Crippen LogP contribution < -0.4 is 0 Å². The summed E-state index contributed by atoms with van der Waals surface area (Å²) in [5.41, 5.74) is 2.41. The minimum atomic E-state index is -0.141. The van der Waals surface area contributed by atoms with Crippen molar-refractivity contribution in [3.63, 3.8) is 0 Å². The molecule has 0 amide bonds. The third-order valence-electron chi connectivity index (χ3n) is 2.68. The van der Waals surface area contributed by atoms with E-state index in [1.54, 1.807) is 30.9 Å². The smallest absolute Gasteiger partial charge is 0.278 e. The van der Waals surface area contributed by atoms with E-state index in [4.69, 9.17) is 0 Å². The summed E-state index contributed by atoms with van der Waals surface area (Å²) in [5, 5.41) is 3.93. The summed E-state index contributed by atoms with van der Waals surface area (Å²) in [4.78, 5) is 16.3. The van der Waals surface area contributed by atoms with Crippen LogP contribution >= 0.6 is 0 Å². The summed E-state index contributed by atoms with van der Waals surface area (Å²) in [7, 11) is 1.90. The van der Waals surface area contributed by atoms with Crippen molar-refractivity contribution in [2.75, 3.05) is 0 Å². The number of aryl methyl sites for hydroxylation is 1. The van der Waals surface area contributed by atoms with Crippen LogP contribution in [0.5, 0.6) is 0 Å². The number of fused-ring (bicyclic) bond motifs is 1. The molecule has 3 rings (SSSR count). The molecule has 5 heteroatoms. The maximum atomic E-state index is 12.1. The molecule has 0 saturated heterocycles. The van der Waals surface area contributed by atoms with Gasteiger partial charge in [0.15, 0.2) is 0 Å². The van der Waals surface area contributed by atoms with Crippen molar-refractivity contribution < 1.29 is 4.79 Å². The van der Waals surface area contributed by atoms with Crippen molar-refractivity contribution >= 4 is 16.9 Å². The minimum Gasteiger partial charge on any atom is -0.334 e. The second-order valence-corrected chi connectivity index (χ2v) is 3.81. The van der Waals surface area contributed by atoms with E-state index in [0.717, 1.165) is 11.0 Å². The standard InChI is InChI=1S/C12H10N4O/c1-15-8-13-10-4-3-9(7-11(10)15)12(17)16-6-2-5-14-16/h2-8H,1H3. The van der Waals surface area contributed by atoms with Crippen LogP contribution in [0.3, 0.4) is 0 Å². The Labute approximate surface area is 97.3 Å². The number of hydrogen-bond donors (Lipinski definition) is 0. The van der Waals surface area contributed by atoms with E-state index in [1.165, 1.54) is 4.68 Å². The first-order valence-corrected chi connectivity index (χ1v) is 5.21. The number of carbonyl (C=O) groups is 1. The highest BCUT2D eigenvalue weighted by atomic mass is 16.2. The van der Waals surface area contributed by atoms with Crippen LogP contribution in [0.25, 0.3) is 11.0 Å². The molecule has 1 aromatic carbocycles. The molecule has 0 aliphatic heterocycles. The van der Waals surface area contributed by atoms with Crippen molar-refractivity contribution in [2.24, 2.45) is 7.05 Å². The summed E-state index contributed by atoms with van der Waals surface area (Å²) in [5.74, 6) is -0.141. The first kappa shape index (κ1) is 9.77. The molecule has 84 valence electrons. The fraction of sp³-hybridized carbons (Fsp3) is 0.0833. The predicted octanol–water partition coefficient (Wildman–Crippen LogP) is 1.46. The molecule has 17 heavy (non-hydrogen) atoms. The number of benzene rings is 1. The Morgan fingerprint density at radius 3 is 3.00 bits per heavy atom. The van der Waals surface area contributed by atoms with Gasteiger partial charge in [-0.05, 0) is 24.3 Å². The Morgan fingerprint density at radius 1 is 1.35 bits per heavy atom. The van der Waals surface area contributed by atoms with Gasteiger partial charge in [-0.15, -0.1) is 0 Å². The Morgan fingerprint density at radius 2 is 2.24 bits per heavy atom. The van der Waals surface area contributed by atoms with E-state index in [0.29, 0.717) is 5.56 Å². The molecule has 0 saturated carbocycles. The van der Waals surface area contributed by atoms with Gasteiger partial charge in [0.25, 0.3) is 5.91 Å². The third kappa shape index (κ3) is 1.52. The second kappa shape index (κ2) is 3.55. The topological polar surface area (TPSA) is 52.7 Å². The fourth-order valence-corrected chi connectivity index (χ4v) is 1.78. The normalized spacial score (nSPS) is 10.9. The highest BCUT2D eigenvalue weighted by Gasteiger charge is 2.10. The van der Waals surface area contributed by atoms with Gasteiger partial charge in [-0.1, -0.05) is 0 Å².